The molecule has 2 aliphatic heterocycles. The van der Waals surface area contributed by atoms with E-state index in [2.05, 4.69) is 58.5 Å². The first-order chi connectivity index (χ1) is 22.7. The van der Waals surface area contributed by atoms with Crippen molar-refractivity contribution in [2.45, 2.75) is 0 Å². The Morgan fingerprint density at radius 3 is 1.30 bits per heavy atom. The molecule has 6 heteroatoms. The van der Waals surface area contributed by atoms with Crippen molar-refractivity contribution < 1.29 is 14.0 Å². The number of para-hydroxylation sites is 2. The predicted octanol–water partition coefficient (Wildman–Crippen LogP) is 9.00. The number of hydrogen-bond donors (Lipinski definition) is 0. The largest absolute Gasteiger partial charge is 0.455 e. The van der Waals surface area contributed by atoms with E-state index < -0.39 is 7.14 Å². The van der Waals surface area contributed by atoms with Crippen LogP contribution in [0.15, 0.2) is 152 Å². The first-order valence-electron chi connectivity index (χ1n) is 15.1. The number of hydrogen-bond acceptors (Lipinski definition) is 5. The van der Waals surface area contributed by atoms with Crippen LogP contribution in [-0.2, 0) is 4.57 Å². The fraction of sp³-hybridized carbons (Fsp3) is 0. The molecule has 5 nitrogen and oxygen atoms in total. The SMILES string of the molecule is O=P12c3cccc(-c4ccc(-c5cccnc5)cc4)c3Oc3cccc(c31)Oc1c(-c3ccc(-c4cccnc4)cc3)cccc12. The lowest BCUT2D eigenvalue weighted by Gasteiger charge is -2.35. The Labute approximate surface area is 266 Å². The average Bonchev–Trinajstić information content (AvgIpc) is 3.12. The summed E-state index contributed by atoms with van der Waals surface area (Å²) in [5.41, 5.74) is 7.97. The highest BCUT2D eigenvalue weighted by Crippen LogP contribution is 2.60. The van der Waals surface area contributed by atoms with Gasteiger partial charge in [0.15, 0.2) is 7.14 Å². The molecule has 46 heavy (non-hydrogen) atoms. The van der Waals surface area contributed by atoms with Crippen molar-refractivity contribution in [2.75, 3.05) is 0 Å². The number of fused-ring (bicyclic) bond motifs is 4. The van der Waals surface area contributed by atoms with Crippen molar-refractivity contribution in [2.24, 2.45) is 0 Å². The maximum atomic E-state index is 15.8. The van der Waals surface area contributed by atoms with Gasteiger partial charge in [-0.15, -0.1) is 0 Å². The Hall–Kier alpha value is -5.77. The van der Waals surface area contributed by atoms with Gasteiger partial charge in [-0.25, -0.2) is 0 Å². The van der Waals surface area contributed by atoms with Crippen LogP contribution in [0.25, 0.3) is 44.5 Å². The average molecular weight is 613 g/mol. The lowest BCUT2D eigenvalue weighted by atomic mass is 10.0. The summed E-state index contributed by atoms with van der Waals surface area (Å²) in [5.74, 6) is 2.35. The van der Waals surface area contributed by atoms with Gasteiger partial charge in [-0.1, -0.05) is 91.0 Å². The molecule has 2 aliphatic rings. The maximum absolute atomic E-state index is 15.8. The molecule has 0 saturated heterocycles. The predicted molar refractivity (Wildman–Crippen MR) is 183 cm³/mol. The molecule has 0 spiro atoms. The van der Waals surface area contributed by atoms with Gasteiger partial charge in [0.2, 0.25) is 0 Å². The van der Waals surface area contributed by atoms with Gasteiger partial charge in [0.05, 0.1) is 10.6 Å². The Bertz CT molecular complexity index is 2160. The highest BCUT2D eigenvalue weighted by atomic mass is 31.2. The summed E-state index contributed by atoms with van der Waals surface area (Å²) < 4.78 is 29.0. The van der Waals surface area contributed by atoms with Gasteiger partial charge >= 0.3 is 0 Å². The van der Waals surface area contributed by atoms with Gasteiger partial charge in [0.1, 0.15) is 28.3 Å². The molecule has 0 N–H and O–H groups in total. The van der Waals surface area contributed by atoms with Crippen LogP contribution >= 0.6 is 7.14 Å². The Morgan fingerprint density at radius 2 is 0.870 bits per heavy atom. The molecule has 0 bridgehead atoms. The smallest absolute Gasteiger partial charge is 0.185 e. The van der Waals surface area contributed by atoms with Crippen molar-refractivity contribution in [1.29, 1.82) is 0 Å². The number of benzene rings is 5. The zero-order chi connectivity index (χ0) is 30.7. The molecule has 0 radical (unpaired) electrons. The fourth-order valence-corrected chi connectivity index (χ4v) is 9.63. The number of nitrogens with zero attached hydrogens (tertiary/aromatic N) is 2. The normalized spacial score (nSPS) is 13.4. The molecule has 5 aromatic carbocycles. The lowest BCUT2D eigenvalue weighted by molar-refractivity contribution is 0.463. The van der Waals surface area contributed by atoms with E-state index in [-0.39, 0.29) is 0 Å². The van der Waals surface area contributed by atoms with Gasteiger partial charge < -0.3 is 14.0 Å². The summed E-state index contributed by atoms with van der Waals surface area (Å²) in [6.45, 7) is 0. The molecule has 0 saturated carbocycles. The minimum atomic E-state index is -3.39. The molecule has 9 rings (SSSR count). The second-order valence-corrected chi connectivity index (χ2v) is 14.0. The summed E-state index contributed by atoms with van der Waals surface area (Å²) in [4.78, 5) is 8.51. The van der Waals surface area contributed by atoms with E-state index in [4.69, 9.17) is 9.47 Å². The van der Waals surface area contributed by atoms with Crippen molar-refractivity contribution in [1.82, 2.24) is 9.97 Å². The minimum absolute atomic E-state index is 0.560. The van der Waals surface area contributed by atoms with Crippen LogP contribution in [0.4, 0.5) is 0 Å². The number of pyridine rings is 2. The highest BCUT2D eigenvalue weighted by molar-refractivity contribution is 7.86. The third kappa shape index (κ3) is 4.06. The summed E-state index contributed by atoms with van der Waals surface area (Å²) in [5, 5.41) is 1.97. The highest BCUT2D eigenvalue weighted by Gasteiger charge is 2.47. The molecule has 0 aliphatic carbocycles. The fourth-order valence-electron chi connectivity index (χ4n) is 6.53. The summed E-state index contributed by atoms with van der Waals surface area (Å²) >= 11 is 0. The third-order valence-corrected chi connectivity index (χ3v) is 11.9. The topological polar surface area (TPSA) is 61.3 Å². The molecule has 4 heterocycles. The molecule has 0 fully saturated rings. The third-order valence-electron chi connectivity index (χ3n) is 8.75. The Balaban J connectivity index is 1.19. The number of aromatic nitrogens is 2. The van der Waals surface area contributed by atoms with Gasteiger partial charge in [-0.2, -0.15) is 0 Å². The van der Waals surface area contributed by atoms with E-state index in [1.54, 1.807) is 12.4 Å². The van der Waals surface area contributed by atoms with E-state index in [1.807, 2.05) is 91.3 Å². The molecule has 0 atom stereocenters. The zero-order valence-corrected chi connectivity index (χ0v) is 25.4. The maximum Gasteiger partial charge on any atom is 0.185 e. The van der Waals surface area contributed by atoms with Gasteiger partial charge in [0, 0.05) is 35.9 Å². The number of ether oxygens (including phenoxy) is 2. The molecular weight excluding hydrogens is 587 g/mol. The monoisotopic (exact) mass is 612 g/mol. The zero-order valence-electron chi connectivity index (χ0n) is 24.5. The quantitative estimate of drug-likeness (QED) is 0.186. The molecule has 0 unspecified atom stereocenters. The second-order valence-electron chi connectivity index (χ2n) is 11.4. The summed E-state index contributed by atoms with van der Waals surface area (Å²) in [7, 11) is -3.39. The molecular formula is C40H25N2O3P. The van der Waals surface area contributed by atoms with E-state index in [0.717, 1.165) is 44.5 Å². The first-order valence-corrected chi connectivity index (χ1v) is 16.8. The van der Waals surface area contributed by atoms with Crippen molar-refractivity contribution in [3.05, 3.63) is 152 Å². The van der Waals surface area contributed by atoms with E-state index in [0.29, 0.717) is 38.9 Å². The minimum Gasteiger partial charge on any atom is -0.455 e. The van der Waals surface area contributed by atoms with Gasteiger partial charge in [0.25, 0.3) is 0 Å². The van der Waals surface area contributed by atoms with Crippen LogP contribution in [0.2, 0.25) is 0 Å². The first kappa shape index (κ1) is 26.6. The van der Waals surface area contributed by atoms with Crippen LogP contribution in [0.3, 0.4) is 0 Å². The second kappa shape index (κ2) is 10.4. The van der Waals surface area contributed by atoms with Crippen molar-refractivity contribution in [3.8, 4) is 67.5 Å². The van der Waals surface area contributed by atoms with Crippen LogP contribution in [0.1, 0.15) is 0 Å². The summed E-state index contributed by atoms with van der Waals surface area (Å²) in [6, 6.07) is 42.1. The van der Waals surface area contributed by atoms with Crippen LogP contribution in [-0.4, -0.2) is 9.97 Å². The molecule has 0 amide bonds. The standard InChI is InChI=1S/C40H25N2O3P/c43-46-36-12-1-8-32(28-18-14-26(15-19-28)30-6-4-22-41-24-30)38(36)44-34-10-3-11-35(40(34)46)45-39-33(9-2-13-37(39)46)29-20-16-27(17-21-29)31-7-5-23-42-25-31/h1-25H. The van der Waals surface area contributed by atoms with Gasteiger partial charge in [-0.05, 0) is 69.8 Å². The lowest BCUT2D eigenvalue weighted by Crippen LogP contribution is -2.35. The van der Waals surface area contributed by atoms with E-state index >= 15 is 4.57 Å². The van der Waals surface area contributed by atoms with E-state index in [9.17, 15) is 0 Å². The molecule has 218 valence electrons. The van der Waals surface area contributed by atoms with Crippen LogP contribution in [0, 0.1) is 0 Å². The molecule has 2 aromatic heterocycles. The number of rotatable bonds is 4. The Kier molecular flexibility index (Phi) is 6.02. The molecule has 7 aromatic rings. The Morgan fingerprint density at radius 1 is 0.435 bits per heavy atom. The van der Waals surface area contributed by atoms with Crippen molar-refractivity contribution in [3.63, 3.8) is 0 Å². The van der Waals surface area contributed by atoms with Crippen LogP contribution in [0.5, 0.6) is 23.0 Å². The summed E-state index contributed by atoms with van der Waals surface area (Å²) in [6.07, 6.45) is 7.25. The van der Waals surface area contributed by atoms with Gasteiger partial charge in [-0.3, -0.25) is 9.97 Å². The van der Waals surface area contributed by atoms with E-state index in [1.165, 1.54) is 0 Å². The van der Waals surface area contributed by atoms with Crippen LogP contribution < -0.4 is 25.4 Å². The van der Waals surface area contributed by atoms with Crippen molar-refractivity contribution >= 4 is 23.1 Å².